The van der Waals surface area contributed by atoms with Gasteiger partial charge in [-0.1, -0.05) is 6.08 Å². The van der Waals surface area contributed by atoms with E-state index in [0.29, 0.717) is 12.3 Å². The Morgan fingerprint density at radius 1 is 1.60 bits per heavy atom. The van der Waals surface area contributed by atoms with Gasteiger partial charge in [0.05, 0.1) is 12.1 Å². The summed E-state index contributed by atoms with van der Waals surface area (Å²) in [7, 11) is 0. The van der Waals surface area contributed by atoms with Crippen molar-refractivity contribution in [2.75, 3.05) is 13.1 Å². The van der Waals surface area contributed by atoms with E-state index >= 15 is 0 Å². The molecule has 15 heavy (non-hydrogen) atoms. The lowest BCUT2D eigenvalue weighted by Gasteiger charge is -2.34. The van der Waals surface area contributed by atoms with Crippen LogP contribution in [0.25, 0.3) is 0 Å². The van der Waals surface area contributed by atoms with E-state index in [9.17, 15) is 4.39 Å². The summed E-state index contributed by atoms with van der Waals surface area (Å²) in [5.74, 6) is 0.473. The second-order valence-electron chi connectivity index (χ2n) is 4.19. The number of nitriles is 1. The van der Waals surface area contributed by atoms with Crippen LogP contribution in [-0.4, -0.2) is 24.0 Å². The van der Waals surface area contributed by atoms with Gasteiger partial charge in [-0.25, -0.2) is 4.39 Å². The third kappa shape index (κ3) is 3.32. The number of halogens is 1. The lowest BCUT2D eigenvalue weighted by atomic mass is 9.93. The molecule has 0 amide bonds. The fourth-order valence-electron chi connectivity index (χ4n) is 2.09. The van der Waals surface area contributed by atoms with Gasteiger partial charge >= 0.3 is 0 Å². The maximum atomic E-state index is 13.3. The predicted molar refractivity (Wildman–Crippen MR) is 58.9 cm³/mol. The lowest BCUT2D eigenvalue weighted by molar-refractivity contribution is 0.146. The van der Waals surface area contributed by atoms with E-state index in [4.69, 9.17) is 5.26 Å². The average molecular weight is 210 g/mol. The Kier molecular flexibility index (Phi) is 4.77. The molecular weight excluding hydrogens is 191 g/mol. The van der Waals surface area contributed by atoms with Gasteiger partial charge in [-0.05, 0) is 45.7 Å². The van der Waals surface area contributed by atoms with Crippen LogP contribution in [0.2, 0.25) is 0 Å². The van der Waals surface area contributed by atoms with Crippen molar-refractivity contribution in [3.05, 3.63) is 11.9 Å². The zero-order chi connectivity index (χ0) is 11.3. The first-order chi connectivity index (χ1) is 7.19. The molecule has 0 saturated carbocycles. The molecule has 1 unspecified atom stereocenters. The van der Waals surface area contributed by atoms with E-state index in [1.165, 1.54) is 6.08 Å². The van der Waals surface area contributed by atoms with E-state index in [1.54, 1.807) is 6.92 Å². The fourth-order valence-corrected chi connectivity index (χ4v) is 2.09. The van der Waals surface area contributed by atoms with E-state index in [2.05, 4.69) is 11.0 Å². The monoisotopic (exact) mass is 210 g/mol. The zero-order valence-electron chi connectivity index (χ0n) is 9.54. The third-order valence-electron chi connectivity index (χ3n) is 3.25. The lowest BCUT2D eigenvalue weighted by Crippen LogP contribution is -2.40. The van der Waals surface area contributed by atoms with Crippen molar-refractivity contribution in [1.82, 2.24) is 4.90 Å². The van der Waals surface area contributed by atoms with Crippen LogP contribution < -0.4 is 0 Å². The Balaban J connectivity index is 2.41. The van der Waals surface area contributed by atoms with Crippen LogP contribution in [0.1, 0.15) is 33.1 Å². The summed E-state index contributed by atoms with van der Waals surface area (Å²) >= 11 is 0. The van der Waals surface area contributed by atoms with E-state index in [0.717, 1.165) is 25.9 Å². The maximum Gasteiger partial charge on any atom is 0.113 e. The number of nitrogens with zero attached hydrogens (tertiary/aromatic N) is 2. The summed E-state index contributed by atoms with van der Waals surface area (Å²) < 4.78 is 13.3. The minimum absolute atomic E-state index is 0.0475. The summed E-state index contributed by atoms with van der Waals surface area (Å²) in [5.41, 5.74) is 0. The molecule has 1 fully saturated rings. The minimum Gasteiger partial charge on any atom is -0.294 e. The van der Waals surface area contributed by atoms with Crippen molar-refractivity contribution in [1.29, 1.82) is 5.26 Å². The predicted octanol–water partition coefficient (Wildman–Crippen LogP) is 2.87. The molecule has 0 bridgehead atoms. The molecule has 1 aliphatic rings. The van der Waals surface area contributed by atoms with Crippen LogP contribution >= 0.6 is 0 Å². The Labute approximate surface area is 91.4 Å². The van der Waals surface area contributed by atoms with Crippen molar-refractivity contribution < 1.29 is 4.39 Å². The minimum atomic E-state index is -0.0990. The van der Waals surface area contributed by atoms with E-state index in [1.807, 2.05) is 6.92 Å². The molecule has 0 aromatic carbocycles. The average Bonchev–Trinajstić information content (AvgIpc) is 2.28. The molecule has 3 heteroatoms. The molecule has 1 saturated heterocycles. The second kappa shape index (κ2) is 5.87. The molecule has 2 nitrogen and oxygen atoms in total. The van der Waals surface area contributed by atoms with Gasteiger partial charge in [-0.2, -0.15) is 5.26 Å². The highest BCUT2D eigenvalue weighted by atomic mass is 19.1. The van der Waals surface area contributed by atoms with Gasteiger partial charge in [0.1, 0.15) is 5.83 Å². The molecule has 1 atom stereocenters. The summed E-state index contributed by atoms with van der Waals surface area (Å²) in [6.45, 7) is 5.46. The SMILES string of the molecule is C/C=C(/F)C(C)N1CCC(CC#N)CC1. The molecular formula is C12H19FN2. The Bertz CT molecular complexity index is 259. The Morgan fingerprint density at radius 2 is 2.20 bits per heavy atom. The molecule has 0 spiro atoms. The van der Waals surface area contributed by atoms with Gasteiger partial charge in [-0.3, -0.25) is 4.90 Å². The summed E-state index contributed by atoms with van der Waals surface area (Å²) in [6.07, 6.45) is 4.23. The van der Waals surface area contributed by atoms with Crippen molar-refractivity contribution in [2.24, 2.45) is 5.92 Å². The van der Waals surface area contributed by atoms with Crippen molar-refractivity contribution >= 4 is 0 Å². The molecule has 1 rings (SSSR count). The summed E-state index contributed by atoms with van der Waals surface area (Å²) in [5, 5.41) is 8.59. The normalized spacial score (nSPS) is 22.4. The van der Waals surface area contributed by atoms with Crippen LogP contribution in [0.15, 0.2) is 11.9 Å². The molecule has 0 aromatic heterocycles. The summed E-state index contributed by atoms with van der Waals surface area (Å²) in [4.78, 5) is 2.16. The summed E-state index contributed by atoms with van der Waals surface area (Å²) in [6, 6.07) is 2.11. The molecule has 0 aromatic rings. The highest BCUT2D eigenvalue weighted by Gasteiger charge is 2.24. The first kappa shape index (κ1) is 12.2. The van der Waals surface area contributed by atoms with Gasteiger partial charge in [0.2, 0.25) is 0 Å². The molecule has 1 aliphatic heterocycles. The number of likely N-dealkylation sites (tertiary alicyclic amines) is 1. The molecule has 0 N–H and O–H groups in total. The van der Waals surface area contributed by atoms with Gasteiger partial charge < -0.3 is 0 Å². The van der Waals surface area contributed by atoms with Crippen molar-refractivity contribution in [2.45, 2.75) is 39.2 Å². The Hall–Kier alpha value is -0.880. The van der Waals surface area contributed by atoms with Crippen molar-refractivity contribution in [3.8, 4) is 6.07 Å². The first-order valence-corrected chi connectivity index (χ1v) is 5.61. The smallest absolute Gasteiger partial charge is 0.113 e. The van der Waals surface area contributed by atoms with Crippen LogP contribution in [0, 0.1) is 17.2 Å². The van der Waals surface area contributed by atoms with Gasteiger partial charge in [0, 0.05) is 6.42 Å². The molecule has 0 radical (unpaired) electrons. The standard InChI is InChI=1S/C12H19FN2/c1-3-12(13)10(2)15-8-5-11(4-7-14)6-9-15/h3,10-11H,4-6,8-9H2,1-2H3/b12-3+. The molecule has 1 heterocycles. The number of hydrogen-bond acceptors (Lipinski definition) is 2. The topological polar surface area (TPSA) is 27.0 Å². The first-order valence-electron chi connectivity index (χ1n) is 5.61. The third-order valence-corrected chi connectivity index (χ3v) is 3.25. The molecule has 84 valence electrons. The Morgan fingerprint density at radius 3 is 2.67 bits per heavy atom. The second-order valence-corrected chi connectivity index (χ2v) is 4.19. The van der Waals surface area contributed by atoms with Crippen molar-refractivity contribution in [3.63, 3.8) is 0 Å². The largest absolute Gasteiger partial charge is 0.294 e. The van der Waals surface area contributed by atoms with Crippen LogP contribution in [-0.2, 0) is 0 Å². The van der Waals surface area contributed by atoms with E-state index < -0.39 is 0 Å². The van der Waals surface area contributed by atoms with Gasteiger partial charge in [-0.15, -0.1) is 0 Å². The van der Waals surface area contributed by atoms with Crippen LogP contribution in [0.4, 0.5) is 4.39 Å². The highest BCUT2D eigenvalue weighted by molar-refractivity contribution is 5.00. The van der Waals surface area contributed by atoms with Gasteiger partial charge in [0.15, 0.2) is 0 Å². The number of rotatable bonds is 3. The van der Waals surface area contributed by atoms with Crippen LogP contribution in [0.3, 0.4) is 0 Å². The maximum absolute atomic E-state index is 13.3. The number of allylic oxidation sites excluding steroid dienone is 1. The fraction of sp³-hybridized carbons (Fsp3) is 0.750. The van der Waals surface area contributed by atoms with Crippen LogP contribution in [0.5, 0.6) is 0 Å². The number of piperidine rings is 1. The highest BCUT2D eigenvalue weighted by Crippen LogP contribution is 2.23. The zero-order valence-corrected chi connectivity index (χ0v) is 9.54. The van der Waals surface area contributed by atoms with E-state index in [-0.39, 0.29) is 11.9 Å². The molecule has 0 aliphatic carbocycles. The number of hydrogen-bond donors (Lipinski definition) is 0. The quantitative estimate of drug-likeness (QED) is 0.716. The van der Waals surface area contributed by atoms with Gasteiger partial charge in [0.25, 0.3) is 0 Å².